The van der Waals surface area contributed by atoms with Gasteiger partial charge in [-0.25, -0.2) is 0 Å². The van der Waals surface area contributed by atoms with Crippen molar-refractivity contribution in [2.45, 2.75) is 65.0 Å². The number of nitrogens with zero attached hydrogens (tertiary/aromatic N) is 1. The summed E-state index contributed by atoms with van der Waals surface area (Å²) in [6, 6.07) is 9.57. The number of rotatable bonds is 6. The third-order valence-electron chi connectivity index (χ3n) is 4.56. The molecule has 1 aliphatic carbocycles. The Bertz CT molecular complexity index is 438. The number of nitrogens with two attached hydrogens (primary N) is 1. The van der Waals surface area contributed by atoms with E-state index in [2.05, 4.69) is 63.8 Å². The molecule has 0 radical (unpaired) electrons. The van der Waals surface area contributed by atoms with E-state index in [0.717, 1.165) is 12.5 Å². The number of hydrogen-bond donors (Lipinski definition) is 1. The number of hydrogen-bond acceptors (Lipinski definition) is 2. The molecule has 0 amide bonds. The molecule has 0 bridgehead atoms. The second-order valence-electron chi connectivity index (χ2n) is 7.97. The van der Waals surface area contributed by atoms with Gasteiger partial charge in [0.05, 0.1) is 0 Å². The summed E-state index contributed by atoms with van der Waals surface area (Å²) >= 11 is 0. The SMILES string of the molecule is CC(C)N(CC1CC1)CC(N)c1ccc(C(C)(C)C)cc1. The summed E-state index contributed by atoms with van der Waals surface area (Å²) in [4.78, 5) is 2.54. The van der Waals surface area contributed by atoms with Gasteiger partial charge in [-0.1, -0.05) is 45.0 Å². The normalized spacial score (nSPS) is 17.5. The molecule has 1 aromatic rings. The molecule has 1 aliphatic rings. The van der Waals surface area contributed by atoms with Crippen molar-refractivity contribution in [3.05, 3.63) is 35.4 Å². The lowest BCUT2D eigenvalue weighted by Gasteiger charge is -2.29. The van der Waals surface area contributed by atoms with Gasteiger partial charge in [0.15, 0.2) is 0 Å². The molecule has 1 unspecified atom stereocenters. The molecule has 2 N–H and O–H groups in total. The molecule has 0 spiro atoms. The molecular formula is C19H32N2. The molecule has 0 saturated heterocycles. The van der Waals surface area contributed by atoms with E-state index < -0.39 is 0 Å². The van der Waals surface area contributed by atoms with E-state index in [9.17, 15) is 0 Å². The first-order valence-electron chi connectivity index (χ1n) is 8.37. The van der Waals surface area contributed by atoms with Crippen molar-refractivity contribution >= 4 is 0 Å². The minimum atomic E-state index is 0.111. The Kier molecular flexibility index (Phi) is 5.11. The number of benzene rings is 1. The van der Waals surface area contributed by atoms with Crippen LogP contribution in [-0.2, 0) is 5.41 Å². The fourth-order valence-electron chi connectivity index (χ4n) is 2.72. The predicted octanol–water partition coefficient (Wildman–Crippen LogP) is 4.10. The van der Waals surface area contributed by atoms with Gasteiger partial charge in [-0.15, -0.1) is 0 Å². The second kappa shape index (κ2) is 6.50. The maximum absolute atomic E-state index is 6.45. The maximum atomic E-state index is 6.45. The summed E-state index contributed by atoms with van der Waals surface area (Å²) in [5, 5.41) is 0. The van der Waals surface area contributed by atoms with Crippen LogP contribution in [0.15, 0.2) is 24.3 Å². The van der Waals surface area contributed by atoms with Crippen LogP contribution in [0.5, 0.6) is 0 Å². The third kappa shape index (κ3) is 4.82. The summed E-state index contributed by atoms with van der Waals surface area (Å²) in [5.41, 5.74) is 9.28. The monoisotopic (exact) mass is 288 g/mol. The Morgan fingerprint density at radius 3 is 2.14 bits per heavy atom. The largest absolute Gasteiger partial charge is 0.323 e. The molecular weight excluding hydrogens is 256 g/mol. The van der Waals surface area contributed by atoms with Gasteiger partial charge in [0.2, 0.25) is 0 Å². The molecule has 1 atom stereocenters. The molecule has 21 heavy (non-hydrogen) atoms. The zero-order valence-corrected chi connectivity index (χ0v) is 14.4. The van der Waals surface area contributed by atoms with E-state index in [4.69, 9.17) is 5.73 Å². The van der Waals surface area contributed by atoms with E-state index in [1.807, 2.05) is 0 Å². The summed E-state index contributed by atoms with van der Waals surface area (Å²) in [5.74, 6) is 0.919. The highest BCUT2D eigenvalue weighted by Crippen LogP contribution is 2.31. The Labute approximate surface area is 130 Å². The molecule has 1 saturated carbocycles. The molecule has 0 heterocycles. The van der Waals surface area contributed by atoms with Crippen molar-refractivity contribution < 1.29 is 0 Å². The highest BCUT2D eigenvalue weighted by atomic mass is 15.2. The van der Waals surface area contributed by atoms with Gasteiger partial charge < -0.3 is 5.73 Å². The van der Waals surface area contributed by atoms with Crippen LogP contribution in [0.3, 0.4) is 0 Å². The zero-order valence-electron chi connectivity index (χ0n) is 14.4. The van der Waals surface area contributed by atoms with Crippen molar-refractivity contribution in [3.63, 3.8) is 0 Å². The van der Waals surface area contributed by atoms with Crippen molar-refractivity contribution in [2.24, 2.45) is 11.7 Å². The van der Waals surface area contributed by atoms with Crippen molar-refractivity contribution in [3.8, 4) is 0 Å². The smallest absolute Gasteiger partial charge is 0.0424 e. The third-order valence-corrected chi connectivity index (χ3v) is 4.56. The molecule has 2 nitrogen and oxygen atoms in total. The maximum Gasteiger partial charge on any atom is 0.0424 e. The molecule has 1 fully saturated rings. The lowest BCUT2D eigenvalue weighted by molar-refractivity contribution is 0.200. The van der Waals surface area contributed by atoms with Gasteiger partial charge in [0.25, 0.3) is 0 Å². The van der Waals surface area contributed by atoms with Crippen LogP contribution in [-0.4, -0.2) is 24.0 Å². The summed E-state index contributed by atoms with van der Waals surface area (Å²) in [6.45, 7) is 13.5. The van der Waals surface area contributed by atoms with Crippen LogP contribution in [0.4, 0.5) is 0 Å². The summed E-state index contributed by atoms with van der Waals surface area (Å²) < 4.78 is 0. The average molecular weight is 288 g/mol. The lowest BCUT2D eigenvalue weighted by Crippen LogP contribution is -2.38. The summed E-state index contributed by atoms with van der Waals surface area (Å²) in [7, 11) is 0. The van der Waals surface area contributed by atoms with E-state index in [-0.39, 0.29) is 11.5 Å². The topological polar surface area (TPSA) is 29.3 Å². The van der Waals surface area contributed by atoms with Crippen LogP contribution >= 0.6 is 0 Å². The zero-order chi connectivity index (χ0) is 15.6. The molecule has 2 heteroatoms. The van der Waals surface area contributed by atoms with Crippen LogP contribution in [0, 0.1) is 5.92 Å². The van der Waals surface area contributed by atoms with Gasteiger partial charge in [-0.05, 0) is 49.1 Å². The van der Waals surface area contributed by atoms with Gasteiger partial charge in [-0.2, -0.15) is 0 Å². The van der Waals surface area contributed by atoms with Crippen molar-refractivity contribution in [1.82, 2.24) is 4.90 Å². The quantitative estimate of drug-likeness (QED) is 0.853. The first-order chi connectivity index (χ1) is 9.77. The Morgan fingerprint density at radius 2 is 1.71 bits per heavy atom. The Morgan fingerprint density at radius 1 is 1.14 bits per heavy atom. The summed E-state index contributed by atoms with van der Waals surface area (Å²) in [6.07, 6.45) is 2.80. The fourth-order valence-corrected chi connectivity index (χ4v) is 2.72. The minimum absolute atomic E-state index is 0.111. The average Bonchev–Trinajstić information content (AvgIpc) is 3.21. The van der Waals surface area contributed by atoms with Crippen molar-refractivity contribution in [1.29, 1.82) is 0 Å². The van der Waals surface area contributed by atoms with Gasteiger partial charge in [0.1, 0.15) is 0 Å². The van der Waals surface area contributed by atoms with Crippen LogP contribution in [0.1, 0.15) is 64.6 Å². The van der Waals surface area contributed by atoms with Gasteiger partial charge in [-0.3, -0.25) is 4.90 Å². The Hall–Kier alpha value is -0.860. The molecule has 1 aromatic carbocycles. The van der Waals surface area contributed by atoms with Crippen molar-refractivity contribution in [2.75, 3.05) is 13.1 Å². The first-order valence-corrected chi connectivity index (χ1v) is 8.37. The van der Waals surface area contributed by atoms with E-state index >= 15 is 0 Å². The van der Waals surface area contributed by atoms with E-state index in [1.165, 1.54) is 30.5 Å². The second-order valence-corrected chi connectivity index (χ2v) is 7.97. The lowest BCUT2D eigenvalue weighted by atomic mass is 9.86. The van der Waals surface area contributed by atoms with Gasteiger partial charge >= 0.3 is 0 Å². The molecule has 118 valence electrons. The van der Waals surface area contributed by atoms with Crippen LogP contribution in [0.2, 0.25) is 0 Å². The van der Waals surface area contributed by atoms with E-state index in [0.29, 0.717) is 6.04 Å². The Balaban J connectivity index is 1.99. The minimum Gasteiger partial charge on any atom is -0.323 e. The highest BCUT2D eigenvalue weighted by molar-refractivity contribution is 5.29. The predicted molar refractivity (Wildman–Crippen MR) is 91.5 cm³/mol. The van der Waals surface area contributed by atoms with Crippen LogP contribution < -0.4 is 5.73 Å². The standard InChI is InChI=1S/C19H32N2/c1-14(2)21(12-15-6-7-15)13-18(20)16-8-10-17(11-9-16)19(3,4)5/h8-11,14-15,18H,6-7,12-13,20H2,1-5H3. The molecule has 2 rings (SSSR count). The molecule has 0 aromatic heterocycles. The molecule has 0 aliphatic heterocycles. The van der Waals surface area contributed by atoms with E-state index in [1.54, 1.807) is 0 Å². The first kappa shape index (κ1) is 16.5. The highest BCUT2D eigenvalue weighted by Gasteiger charge is 2.26. The van der Waals surface area contributed by atoms with Gasteiger partial charge in [0, 0.05) is 25.2 Å². The van der Waals surface area contributed by atoms with Crippen LogP contribution in [0.25, 0.3) is 0 Å². The fraction of sp³-hybridized carbons (Fsp3) is 0.684.